The zero-order chi connectivity index (χ0) is 15.9. The smallest absolute Gasteiger partial charge is 0.238 e. The molecule has 3 rings (SSSR count). The summed E-state index contributed by atoms with van der Waals surface area (Å²) in [4.78, 5) is 14.5. The number of halogens is 1. The first-order valence-electron chi connectivity index (χ1n) is 6.30. The monoisotopic (exact) mass is 318 g/mol. The van der Waals surface area contributed by atoms with Crippen molar-refractivity contribution in [2.24, 2.45) is 5.14 Å². The molecule has 0 unspecified atom stereocenters. The summed E-state index contributed by atoms with van der Waals surface area (Å²) in [5.74, 6) is -0.555. The van der Waals surface area contributed by atoms with E-state index in [0.29, 0.717) is 11.1 Å². The molecule has 5 nitrogen and oxygen atoms in total. The largest absolute Gasteiger partial charge is 0.359 e. The molecule has 0 saturated heterocycles. The standard InChI is InChI=1S/C15H11FN2O3S/c16-13-8-10(7-12-14(19)5-6-18-15(12)13)9-1-3-11(4-2-9)22(17,20)21/h1-8H,(H,18,19)(H2,17,20,21). The van der Waals surface area contributed by atoms with Crippen LogP contribution in [0.2, 0.25) is 0 Å². The molecule has 0 radical (unpaired) electrons. The molecule has 0 atom stereocenters. The van der Waals surface area contributed by atoms with Crippen LogP contribution in [0.3, 0.4) is 0 Å². The number of nitrogens with one attached hydrogen (secondary N) is 1. The normalized spacial score (nSPS) is 11.7. The summed E-state index contributed by atoms with van der Waals surface area (Å²) in [6, 6.07) is 9.85. The number of hydrogen-bond donors (Lipinski definition) is 2. The quantitative estimate of drug-likeness (QED) is 0.756. The van der Waals surface area contributed by atoms with E-state index in [9.17, 15) is 17.6 Å². The van der Waals surface area contributed by atoms with Crippen molar-refractivity contribution in [3.63, 3.8) is 0 Å². The van der Waals surface area contributed by atoms with Gasteiger partial charge in [0.15, 0.2) is 5.43 Å². The molecule has 7 heteroatoms. The van der Waals surface area contributed by atoms with E-state index in [2.05, 4.69) is 4.98 Å². The highest BCUT2D eigenvalue weighted by Crippen LogP contribution is 2.25. The molecule has 0 fully saturated rings. The molecule has 22 heavy (non-hydrogen) atoms. The van der Waals surface area contributed by atoms with Crippen molar-refractivity contribution in [3.05, 3.63) is 64.7 Å². The maximum absolute atomic E-state index is 14.1. The van der Waals surface area contributed by atoms with Crippen LogP contribution in [0.4, 0.5) is 4.39 Å². The lowest BCUT2D eigenvalue weighted by Crippen LogP contribution is -2.11. The fourth-order valence-corrected chi connectivity index (χ4v) is 2.76. The van der Waals surface area contributed by atoms with Gasteiger partial charge in [0.05, 0.1) is 10.4 Å². The third-order valence-electron chi connectivity index (χ3n) is 3.33. The second-order valence-electron chi connectivity index (χ2n) is 4.79. The fourth-order valence-electron chi connectivity index (χ4n) is 2.24. The molecule has 0 aliphatic rings. The molecule has 0 aliphatic carbocycles. The van der Waals surface area contributed by atoms with Gasteiger partial charge in [0, 0.05) is 17.6 Å². The van der Waals surface area contributed by atoms with Gasteiger partial charge >= 0.3 is 0 Å². The van der Waals surface area contributed by atoms with E-state index in [1.807, 2.05) is 0 Å². The molecule has 112 valence electrons. The van der Waals surface area contributed by atoms with Crippen molar-refractivity contribution in [3.8, 4) is 11.1 Å². The Morgan fingerprint density at radius 1 is 1.00 bits per heavy atom. The maximum Gasteiger partial charge on any atom is 0.238 e. The molecule has 0 amide bonds. The minimum absolute atomic E-state index is 0.0321. The topological polar surface area (TPSA) is 93.0 Å². The van der Waals surface area contributed by atoms with Gasteiger partial charge in [-0.15, -0.1) is 0 Å². The number of benzene rings is 2. The highest BCUT2D eigenvalue weighted by molar-refractivity contribution is 7.89. The van der Waals surface area contributed by atoms with Crippen molar-refractivity contribution in [1.82, 2.24) is 4.98 Å². The molecule has 0 saturated carbocycles. The van der Waals surface area contributed by atoms with Crippen LogP contribution in [-0.4, -0.2) is 13.4 Å². The predicted molar refractivity (Wildman–Crippen MR) is 81.3 cm³/mol. The number of aromatic amines is 1. The van der Waals surface area contributed by atoms with Gasteiger partial charge < -0.3 is 4.98 Å². The van der Waals surface area contributed by atoms with Crippen LogP contribution < -0.4 is 10.6 Å². The number of rotatable bonds is 2. The van der Waals surface area contributed by atoms with Crippen LogP contribution in [0.25, 0.3) is 22.0 Å². The lowest BCUT2D eigenvalue weighted by atomic mass is 10.0. The summed E-state index contributed by atoms with van der Waals surface area (Å²) in [7, 11) is -3.78. The Morgan fingerprint density at radius 3 is 2.32 bits per heavy atom. The average Bonchev–Trinajstić information content (AvgIpc) is 2.47. The highest BCUT2D eigenvalue weighted by Gasteiger charge is 2.10. The van der Waals surface area contributed by atoms with E-state index < -0.39 is 15.8 Å². The molecule has 2 aromatic carbocycles. The molecule has 0 spiro atoms. The SMILES string of the molecule is NS(=O)(=O)c1ccc(-c2cc(F)c3[nH]ccc(=O)c3c2)cc1. The van der Waals surface area contributed by atoms with Crippen LogP contribution in [0.15, 0.2) is 58.4 Å². The minimum atomic E-state index is -3.78. The van der Waals surface area contributed by atoms with Crippen LogP contribution in [-0.2, 0) is 10.0 Å². The zero-order valence-electron chi connectivity index (χ0n) is 11.2. The first kappa shape index (κ1) is 14.4. The Labute approximate surface area is 125 Å². The number of hydrogen-bond acceptors (Lipinski definition) is 3. The van der Waals surface area contributed by atoms with Gasteiger partial charge in [-0.2, -0.15) is 0 Å². The number of aromatic nitrogens is 1. The van der Waals surface area contributed by atoms with Crippen molar-refractivity contribution in [1.29, 1.82) is 0 Å². The van der Waals surface area contributed by atoms with E-state index in [1.54, 1.807) is 6.07 Å². The fraction of sp³-hybridized carbons (Fsp3) is 0. The molecule has 1 heterocycles. The van der Waals surface area contributed by atoms with Gasteiger partial charge in [0.1, 0.15) is 5.82 Å². The van der Waals surface area contributed by atoms with Gasteiger partial charge in [-0.1, -0.05) is 12.1 Å². The summed E-state index contributed by atoms with van der Waals surface area (Å²) >= 11 is 0. The Morgan fingerprint density at radius 2 is 1.68 bits per heavy atom. The van der Waals surface area contributed by atoms with Crippen LogP contribution in [0, 0.1) is 5.82 Å². The minimum Gasteiger partial charge on any atom is -0.359 e. The summed E-state index contributed by atoms with van der Waals surface area (Å²) in [6.45, 7) is 0. The highest BCUT2D eigenvalue weighted by atomic mass is 32.2. The number of fused-ring (bicyclic) bond motifs is 1. The van der Waals surface area contributed by atoms with E-state index in [0.717, 1.165) is 0 Å². The Balaban J connectivity index is 2.19. The van der Waals surface area contributed by atoms with Gasteiger partial charge in [0.2, 0.25) is 10.0 Å². The third-order valence-corrected chi connectivity index (χ3v) is 4.26. The van der Waals surface area contributed by atoms with E-state index in [1.165, 1.54) is 42.6 Å². The lowest BCUT2D eigenvalue weighted by Gasteiger charge is -2.06. The van der Waals surface area contributed by atoms with Gasteiger partial charge in [-0.25, -0.2) is 17.9 Å². The summed E-state index contributed by atoms with van der Waals surface area (Å²) < 4.78 is 36.5. The second kappa shape index (κ2) is 5.04. The predicted octanol–water partition coefficient (Wildman–Crippen LogP) is 1.98. The van der Waals surface area contributed by atoms with Crippen molar-refractivity contribution in [2.45, 2.75) is 4.90 Å². The Bertz CT molecular complexity index is 1020. The van der Waals surface area contributed by atoms with E-state index in [4.69, 9.17) is 5.14 Å². The number of H-pyrrole nitrogens is 1. The molecular formula is C15H11FN2O3S. The van der Waals surface area contributed by atoms with Crippen molar-refractivity contribution < 1.29 is 12.8 Å². The molecule has 3 N–H and O–H groups in total. The van der Waals surface area contributed by atoms with Crippen LogP contribution in [0.5, 0.6) is 0 Å². The number of primary sulfonamides is 1. The molecule has 1 aromatic heterocycles. The molecular weight excluding hydrogens is 307 g/mol. The van der Waals surface area contributed by atoms with Gasteiger partial charge in [0.25, 0.3) is 0 Å². The number of sulfonamides is 1. The second-order valence-corrected chi connectivity index (χ2v) is 6.35. The molecule has 3 aromatic rings. The first-order chi connectivity index (χ1) is 10.4. The van der Waals surface area contributed by atoms with E-state index >= 15 is 0 Å². The van der Waals surface area contributed by atoms with Gasteiger partial charge in [-0.05, 0) is 35.4 Å². The molecule has 0 bridgehead atoms. The summed E-state index contributed by atoms with van der Waals surface area (Å²) in [5, 5.41) is 5.26. The first-order valence-corrected chi connectivity index (χ1v) is 7.85. The van der Waals surface area contributed by atoms with E-state index in [-0.39, 0.29) is 21.2 Å². The molecule has 0 aliphatic heterocycles. The van der Waals surface area contributed by atoms with Gasteiger partial charge in [-0.3, -0.25) is 4.79 Å². The average molecular weight is 318 g/mol. The third kappa shape index (κ3) is 2.51. The van der Waals surface area contributed by atoms with Crippen LogP contribution >= 0.6 is 0 Å². The summed E-state index contributed by atoms with van der Waals surface area (Å²) in [6.07, 6.45) is 1.38. The zero-order valence-corrected chi connectivity index (χ0v) is 12.0. The Kier molecular flexibility index (Phi) is 3.31. The van der Waals surface area contributed by atoms with Crippen LogP contribution in [0.1, 0.15) is 0 Å². The van der Waals surface area contributed by atoms with Crippen molar-refractivity contribution in [2.75, 3.05) is 0 Å². The number of nitrogens with two attached hydrogens (primary N) is 1. The van der Waals surface area contributed by atoms with Crippen molar-refractivity contribution >= 4 is 20.9 Å². The maximum atomic E-state index is 14.1. The Hall–Kier alpha value is -2.51. The summed E-state index contributed by atoms with van der Waals surface area (Å²) in [5.41, 5.74) is 0.896. The lowest BCUT2D eigenvalue weighted by molar-refractivity contribution is 0.598. The number of pyridine rings is 1.